The van der Waals surface area contributed by atoms with Gasteiger partial charge in [0.05, 0.1) is 6.61 Å². The molecule has 2 heterocycles. The van der Waals surface area contributed by atoms with Gasteiger partial charge >= 0.3 is 11.9 Å². The Morgan fingerprint density at radius 3 is 2.62 bits per heavy atom. The van der Waals surface area contributed by atoms with Gasteiger partial charge < -0.3 is 9.47 Å². The van der Waals surface area contributed by atoms with Crippen LogP contribution in [0.2, 0.25) is 0 Å². The van der Waals surface area contributed by atoms with E-state index in [2.05, 4.69) is 0 Å². The Labute approximate surface area is 95.3 Å². The first kappa shape index (κ1) is 11.4. The lowest BCUT2D eigenvalue weighted by atomic mass is 9.77. The normalized spacial score (nSPS) is 33.8. The molecular weight excluding hydrogens is 208 g/mol. The summed E-state index contributed by atoms with van der Waals surface area (Å²) in [6.45, 7) is 2.08. The molecule has 0 aromatic heterocycles. The van der Waals surface area contributed by atoms with Gasteiger partial charge in [0.2, 0.25) is 0 Å². The van der Waals surface area contributed by atoms with Crippen molar-refractivity contribution in [3.63, 3.8) is 0 Å². The average Bonchev–Trinajstić information content (AvgIpc) is 2.46. The zero-order valence-corrected chi connectivity index (χ0v) is 9.66. The molecule has 90 valence electrons. The van der Waals surface area contributed by atoms with Gasteiger partial charge in [-0.05, 0) is 45.4 Å². The lowest BCUT2D eigenvalue weighted by Crippen LogP contribution is -2.40. The Balaban J connectivity index is 2.26. The molecular formula is C12H18O4. The van der Waals surface area contributed by atoms with Gasteiger partial charge in [0.1, 0.15) is 6.10 Å². The molecule has 4 nitrogen and oxygen atoms in total. The Morgan fingerprint density at radius 1 is 1.44 bits per heavy atom. The minimum atomic E-state index is -0.999. The Morgan fingerprint density at radius 2 is 2.06 bits per heavy atom. The molecule has 16 heavy (non-hydrogen) atoms. The number of fused-ring (bicyclic) bond motifs is 3. The summed E-state index contributed by atoms with van der Waals surface area (Å²) in [6, 6.07) is 0. The molecule has 0 N–H and O–H groups in total. The van der Waals surface area contributed by atoms with Crippen molar-refractivity contribution in [2.45, 2.75) is 51.6 Å². The van der Waals surface area contributed by atoms with E-state index in [4.69, 9.17) is 9.47 Å². The first-order valence-corrected chi connectivity index (χ1v) is 6.07. The molecule has 0 aromatic carbocycles. The second kappa shape index (κ2) is 4.44. The summed E-state index contributed by atoms with van der Waals surface area (Å²) < 4.78 is 10.4. The van der Waals surface area contributed by atoms with Crippen LogP contribution in [0.5, 0.6) is 0 Å². The second-order valence-corrected chi connectivity index (χ2v) is 4.61. The van der Waals surface area contributed by atoms with Crippen molar-refractivity contribution in [3.8, 4) is 0 Å². The summed E-state index contributed by atoms with van der Waals surface area (Å²) in [5, 5.41) is 0. The third-order valence-corrected chi connectivity index (χ3v) is 3.59. The van der Waals surface area contributed by atoms with Gasteiger partial charge in [-0.1, -0.05) is 0 Å². The Bertz CT molecular complexity index is 287. The zero-order valence-electron chi connectivity index (χ0n) is 9.66. The zero-order chi connectivity index (χ0) is 11.6. The van der Waals surface area contributed by atoms with E-state index in [0.29, 0.717) is 19.4 Å². The van der Waals surface area contributed by atoms with E-state index in [9.17, 15) is 9.59 Å². The molecule has 0 aliphatic carbocycles. The molecule has 2 bridgehead atoms. The summed E-state index contributed by atoms with van der Waals surface area (Å²) in [5.41, 5.74) is -0.999. The van der Waals surface area contributed by atoms with Crippen LogP contribution < -0.4 is 0 Å². The number of rotatable bonds is 2. The van der Waals surface area contributed by atoms with E-state index in [1.54, 1.807) is 6.92 Å². The molecule has 2 aliphatic heterocycles. The predicted octanol–water partition coefficient (Wildman–Crippen LogP) is 1.82. The topological polar surface area (TPSA) is 52.6 Å². The molecule has 0 aromatic rings. The minimum absolute atomic E-state index is 0.0197. The van der Waals surface area contributed by atoms with Gasteiger partial charge in [-0.25, -0.2) is 0 Å². The highest BCUT2D eigenvalue weighted by molar-refractivity contribution is 6.00. The largest absolute Gasteiger partial charge is 0.465 e. The first-order valence-electron chi connectivity index (χ1n) is 6.07. The van der Waals surface area contributed by atoms with Gasteiger partial charge in [-0.2, -0.15) is 0 Å². The number of carbonyl (C=O) groups is 2. The summed E-state index contributed by atoms with van der Waals surface area (Å²) in [5.74, 6) is -0.742. The van der Waals surface area contributed by atoms with Crippen LogP contribution in [-0.4, -0.2) is 24.6 Å². The molecule has 0 radical (unpaired) electrons. The van der Waals surface area contributed by atoms with E-state index in [0.717, 1.165) is 25.7 Å². The van der Waals surface area contributed by atoms with Crippen LogP contribution in [0.25, 0.3) is 0 Å². The maximum Gasteiger partial charge on any atom is 0.323 e. The predicted molar refractivity (Wildman–Crippen MR) is 56.6 cm³/mol. The number of hydrogen-bond acceptors (Lipinski definition) is 4. The van der Waals surface area contributed by atoms with E-state index < -0.39 is 5.41 Å². The molecule has 0 atom stereocenters. The Hall–Kier alpha value is -1.06. The highest BCUT2D eigenvalue weighted by Gasteiger charge is 2.51. The Kier molecular flexibility index (Phi) is 3.17. The van der Waals surface area contributed by atoms with Crippen molar-refractivity contribution < 1.29 is 19.1 Å². The fourth-order valence-electron chi connectivity index (χ4n) is 2.68. The second-order valence-electron chi connectivity index (χ2n) is 4.61. The molecule has 0 saturated carbocycles. The van der Waals surface area contributed by atoms with Crippen LogP contribution in [0.15, 0.2) is 0 Å². The van der Waals surface area contributed by atoms with Gasteiger partial charge in [0.15, 0.2) is 5.41 Å². The molecule has 0 unspecified atom stereocenters. The van der Waals surface area contributed by atoms with Gasteiger partial charge in [0.25, 0.3) is 0 Å². The van der Waals surface area contributed by atoms with E-state index in [-0.39, 0.29) is 18.0 Å². The fourth-order valence-corrected chi connectivity index (χ4v) is 2.68. The molecule has 2 fully saturated rings. The number of esters is 2. The SMILES string of the molecule is CCOC(=O)C12CCCC(CCC1)OC2=O. The highest BCUT2D eigenvalue weighted by Crippen LogP contribution is 2.41. The molecule has 2 rings (SSSR count). The van der Waals surface area contributed by atoms with Crippen LogP contribution >= 0.6 is 0 Å². The first-order chi connectivity index (χ1) is 7.69. The highest BCUT2D eigenvalue weighted by atomic mass is 16.6. The lowest BCUT2D eigenvalue weighted by molar-refractivity contribution is -0.172. The minimum Gasteiger partial charge on any atom is -0.465 e. The standard InChI is InChI=1S/C12H18O4/c1-2-15-10(13)12-7-3-5-9(6-4-8-12)16-11(12)14/h9H,2-8H2,1H3. The lowest BCUT2D eigenvalue weighted by Gasteiger charge is -2.25. The monoisotopic (exact) mass is 226 g/mol. The maximum absolute atomic E-state index is 12.0. The number of hydrogen-bond donors (Lipinski definition) is 0. The number of ether oxygens (including phenoxy) is 2. The van der Waals surface area contributed by atoms with Crippen LogP contribution in [0, 0.1) is 5.41 Å². The fraction of sp³-hybridized carbons (Fsp3) is 0.833. The maximum atomic E-state index is 12.0. The summed E-state index contributed by atoms with van der Waals surface area (Å²) >= 11 is 0. The van der Waals surface area contributed by atoms with Crippen molar-refractivity contribution in [2.75, 3.05) is 6.61 Å². The molecule has 2 aliphatic rings. The van der Waals surface area contributed by atoms with Crippen LogP contribution in [0.3, 0.4) is 0 Å². The van der Waals surface area contributed by atoms with Crippen molar-refractivity contribution in [3.05, 3.63) is 0 Å². The van der Waals surface area contributed by atoms with Gasteiger partial charge in [-0.15, -0.1) is 0 Å². The summed E-state index contributed by atoms with van der Waals surface area (Å²) in [4.78, 5) is 24.0. The van der Waals surface area contributed by atoms with Gasteiger partial charge in [-0.3, -0.25) is 9.59 Å². The summed E-state index contributed by atoms with van der Waals surface area (Å²) in [7, 11) is 0. The van der Waals surface area contributed by atoms with Crippen molar-refractivity contribution >= 4 is 11.9 Å². The number of carbonyl (C=O) groups excluding carboxylic acids is 2. The van der Waals surface area contributed by atoms with Crippen molar-refractivity contribution in [1.82, 2.24) is 0 Å². The van der Waals surface area contributed by atoms with Crippen LogP contribution in [-0.2, 0) is 19.1 Å². The third-order valence-electron chi connectivity index (χ3n) is 3.59. The van der Waals surface area contributed by atoms with Crippen molar-refractivity contribution in [1.29, 1.82) is 0 Å². The van der Waals surface area contributed by atoms with Gasteiger partial charge in [0, 0.05) is 0 Å². The molecule has 2 saturated heterocycles. The van der Waals surface area contributed by atoms with Crippen molar-refractivity contribution in [2.24, 2.45) is 5.41 Å². The third kappa shape index (κ3) is 1.81. The quantitative estimate of drug-likeness (QED) is 0.532. The van der Waals surface area contributed by atoms with E-state index in [1.807, 2.05) is 0 Å². The van der Waals surface area contributed by atoms with E-state index in [1.165, 1.54) is 0 Å². The average molecular weight is 226 g/mol. The molecule has 4 heteroatoms. The smallest absolute Gasteiger partial charge is 0.323 e. The summed E-state index contributed by atoms with van der Waals surface area (Å²) in [6.07, 6.45) is 4.69. The molecule has 0 amide bonds. The molecule has 0 spiro atoms. The van der Waals surface area contributed by atoms with Crippen LogP contribution in [0.1, 0.15) is 45.4 Å². The van der Waals surface area contributed by atoms with E-state index >= 15 is 0 Å². The van der Waals surface area contributed by atoms with Crippen LogP contribution in [0.4, 0.5) is 0 Å².